The van der Waals surface area contributed by atoms with Crippen LogP contribution in [0.2, 0.25) is 10.0 Å². The summed E-state index contributed by atoms with van der Waals surface area (Å²) in [4.78, 5) is 4.36. The van der Waals surface area contributed by atoms with Gasteiger partial charge in [0, 0.05) is 26.2 Å². The molecule has 2 N–H and O–H groups in total. The number of anilines is 1. The molecule has 0 atom stereocenters. The number of halogens is 3. The highest BCUT2D eigenvalue weighted by molar-refractivity contribution is 9.10. The molecule has 3 aromatic rings. The van der Waals surface area contributed by atoms with E-state index in [1.165, 1.54) is 0 Å². The lowest BCUT2D eigenvalue weighted by Gasteiger charge is -2.15. The molecule has 0 unspecified atom stereocenters. The van der Waals surface area contributed by atoms with Gasteiger partial charge in [-0.05, 0) is 49.4 Å². The number of benzene rings is 2. The molecule has 0 radical (unpaired) electrons. The first-order valence-electron chi connectivity index (χ1n) is 8.03. The summed E-state index contributed by atoms with van der Waals surface area (Å²) in [7, 11) is 0. The highest BCUT2D eigenvalue weighted by atomic mass is 79.9. The van der Waals surface area contributed by atoms with Gasteiger partial charge in [-0.1, -0.05) is 39.1 Å². The Morgan fingerprint density at radius 3 is 2.59 bits per heavy atom. The molecule has 1 aromatic heterocycles. The molecule has 0 aliphatic carbocycles. The van der Waals surface area contributed by atoms with E-state index in [1.807, 2.05) is 25.1 Å². The Morgan fingerprint density at radius 1 is 1.11 bits per heavy atom. The second-order valence-electron chi connectivity index (χ2n) is 5.62. The van der Waals surface area contributed by atoms with Gasteiger partial charge in [-0.3, -0.25) is 0 Å². The van der Waals surface area contributed by atoms with Crippen LogP contribution in [0, 0.1) is 11.3 Å². The van der Waals surface area contributed by atoms with Crippen molar-refractivity contribution in [3.05, 3.63) is 62.5 Å². The average Bonchev–Trinajstić information content (AvgIpc) is 2.64. The third kappa shape index (κ3) is 4.03. The van der Waals surface area contributed by atoms with Crippen molar-refractivity contribution >= 4 is 44.9 Å². The molecule has 0 saturated carbocycles. The minimum Gasteiger partial charge on any atom is -0.493 e. The van der Waals surface area contributed by atoms with Gasteiger partial charge in [0.25, 0.3) is 0 Å². The summed E-state index contributed by atoms with van der Waals surface area (Å²) in [6.07, 6.45) is 0. The van der Waals surface area contributed by atoms with Gasteiger partial charge in [-0.15, -0.1) is 0 Å². The summed E-state index contributed by atoms with van der Waals surface area (Å²) in [5, 5.41) is 10.7. The topological polar surface area (TPSA) is 71.9 Å². The first-order valence-corrected chi connectivity index (χ1v) is 9.58. The van der Waals surface area contributed by atoms with Crippen LogP contribution >= 0.6 is 39.1 Å². The lowest BCUT2D eigenvalue weighted by atomic mass is 9.97. The van der Waals surface area contributed by atoms with Gasteiger partial charge in [-0.2, -0.15) is 5.26 Å². The molecule has 0 aliphatic rings. The molecule has 0 bridgehead atoms. The van der Waals surface area contributed by atoms with Gasteiger partial charge >= 0.3 is 0 Å². The maximum Gasteiger partial charge on any atom is 0.142 e. The molecule has 4 nitrogen and oxygen atoms in total. The number of nitrogens with two attached hydrogens (primary N) is 1. The van der Waals surface area contributed by atoms with Crippen molar-refractivity contribution < 1.29 is 4.74 Å². The monoisotopic (exact) mass is 461 g/mol. The van der Waals surface area contributed by atoms with E-state index in [0.29, 0.717) is 39.2 Å². The van der Waals surface area contributed by atoms with Crippen LogP contribution in [0.3, 0.4) is 0 Å². The van der Waals surface area contributed by atoms with E-state index in [9.17, 15) is 5.26 Å². The molecule has 0 saturated heterocycles. The maximum atomic E-state index is 9.64. The number of nitrogen functional groups attached to an aromatic ring is 1. The van der Waals surface area contributed by atoms with Crippen LogP contribution in [0.1, 0.15) is 12.5 Å². The average molecular weight is 463 g/mol. The molecular formula is C20H14BrCl2N3O. The summed E-state index contributed by atoms with van der Waals surface area (Å²) in [5.41, 5.74) is 8.87. The van der Waals surface area contributed by atoms with Gasteiger partial charge in [-0.25, -0.2) is 4.98 Å². The third-order valence-corrected chi connectivity index (χ3v) is 4.95. The van der Waals surface area contributed by atoms with Crippen LogP contribution in [-0.2, 0) is 0 Å². The lowest BCUT2D eigenvalue weighted by molar-refractivity contribution is 0.341. The van der Waals surface area contributed by atoms with Crippen LogP contribution < -0.4 is 10.5 Å². The van der Waals surface area contributed by atoms with E-state index in [-0.39, 0.29) is 11.4 Å². The Bertz CT molecular complexity index is 1060. The predicted molar refractivity (Wildman–Crippen MR) is 113 cm³/mol. The largest absolute Gasteiger partial charge is 0.493 e. The van der Waals surface area contributed by atoms with Crippen LogP contribution in [0.5, 0.6) is 5.75 Å². The molecule has 0 fully saturated rings. The van der Waals surface area contributed by atoms with E-state index >= 15 is 0 Å². The van der Waals surface area contributed by atoms with Gasteiger partial charge in [0.2, 0.25) is 0 Å². The van der Waals surface area contributed by atoms with Gasteiger partial charge in [0.05, 0.1) is 17.3 Å². The molecule has 136 valence electrons. The van der Waals surface area contributed by atoms with E-state index in [0.717, 1.165) is 10.0 Å². The van der Waals surface area contributed by atoms with Crippen molar-refractivity contribution in [2.75, 3.05) is 12.3 Å². The van der Waals surface area contributed by atoms with Gasteiger partial charge < -0.3 is 10.5 Å². The first kappa shape index (κ1) is 19.5. The second-order valence-corrected chi connectivity index (χ2v) is 7.38. The maximum absolute atomic E-state index is 9.64. The third-order valence-electron chi connectivity index (χ3n) is 3.90. The molecule has 27 heavy (non-hydrogen) atoms. The first-order chi connectivity index (χ1) is 12.9. The van der Waals surface area contributed by atoms with E-state index in [1.54, 1.807) is 24.3 Å². The minimum absolute atomic E-state index is 0.114. The molecule has 3 rings (SSSR count). The van der Waals surface area contributed by atoms with E-state index < -0.39 is 0 Å². The number of rotatable bonds is 4. The number of nitriles is 1. The van der Waals surface area contributed by atoms with Crippen LogP contribution in [0.4, 0.5) is 5.82 Å². The van der Waals surface area contributed by atoms with Gasteiger partial charge in [0.1, 0.15) is 23.2 Å². The quantitative estimate of drug-likeness (QED) is 0.491. The highest BCUT2D eigenvalue weighted by Gasteiger charge is 2.18. The summed E-state index contributed by atoms with van der Waals surface area (Å²) in [6, 6.07) is 14.6. The predicted octanol–water partition coefficient (Wildman–Crippen LogP) is 6.34. The van der Waals surface area contributed by atoms with Crippen LogP contribution in [0.15, 0.2) is 46.9 Å². The normalized spacial score (nSPS) is 10.5. The molecule has 0 spiro atoms. The fraction of sp³-hybridized carbons (Fsp3) is 0.100. The Labute approximate surface area is 175 Å². The number of pyridine rings is 1. The Balaban J connectivity index is 2.31. The number of aromatic nitrogens is 1. The molecule has 2 aromatic carbocycles. The smallest absolute Gasteiger partial charge is 0.142 e. The zero-order valence-electron chi connectivity index (χ0n) is 14.3. The van der Waals surface area contributed by atoms with Crippen LogP contribution in [-0.4, -0.2) is 11.6 Å². The Kier molecular flexibility index (Phi) is 5.91. The standard InChI is InChI=1S/C20H14BrCl2N3O/c1-2-27-19-6-3-11(21)7-14(19)13-9-18(26-20(25)16(13)10-24)15-8-12(22)4-5-17(15)23/h3-9H,2H2,1H3,(H2,25,26). The minimum atomic E-state index is 0.114. The molecule has 1 heterocycles. The number of ether oxygens (including phenoxy) is 1. The fourth-order valence-corrected chi connectivity index (χ4v) is 3.47. The summed E-state index contributed by atoms with van der Waals surface area (Å²) >= 11 is 15.9. The fourth-order valence-electron chi connectivity index (χ4n) is 2.72. The van der Waals surface area contributed by atoms with Crippen molar-refractivity contribution in [2.24, 2.45) is 0 Å². The van der Waals surface area contributed by atoms with Gasteiger partial charge in [0.15, 0.2) is 0 Å². The van der Waals surface area contributed by atoms with Crippen molar-refractivity contribution in [1.82, 2.24) is 4.98 Å². The zero-order chi connectivity index (χ0) is 19.6. The van der Waals surface area contributed by atoms with Crippen LogP contribution in [0.25, 0.3) is 22.4 Å². The second kappa shape index (κ2) is 8.18. The molecule has 0 amide bonds. The summed E-state index contributed by atoms with van der Waals surface area (Å²) < 4.78 is 6.59. The highest BCUT2D eigenvalue weighted by Crippen LogP contribution is 2.39. The molecule has 7 heteroatoms. The Morgan fingerprint density at radius 2 is 1.89 bits per heavy atom. The number of nitrogens with zero attached hydrogens (tertiary/aromatic N) is 2. The summed E-state index contributed by atoms with van der Waals surface area (Å²) in [6.45, 7) is 2.39. The number of hydrogen-bond donors (Lipinski definition) is 1. The van der Waals surface area contributed by atoms with E-state index in [2.05, 4.69) is 27.0 Å². The lowest BCUT2D eigenvalue weighted by Crippen LogP contribution is -2.01. The van der Waals surface area contributed by atoms with Crippen molar-refractivity contribution in [3.63, 3.8) is 0 Å². The van der Waals surface area contributed by atoms with Crippen molar-refractivity contribution in [1.29, 1.82) is 5.26 Å². The SMILES string of the molecule is CCOc1ccc(Br)cc1-c1cc(-c2cc(Cl)ccc2Cl)nc(N)c1C#N. The molecular weight excluding hydrogens is 449 g/mol. The molecule has 0 aliphatic heterocycles. The summed E-state index contributed by atoms with van der Waals surface area (Å²) in [5.74, 6) is 0.759. The van der Waals surface area contributed by atoms with E-state index in [4.69, 9.17) is 33.7 Å². The van der Waals surface area contributed by atoms with Crippen molar-refractivity contribution in [3.8, 4) is 34.2 Å². The van der Waals surface area contributed by atoms with Crippen molar-refractivity contribution in [2.45, 2.75) is 6.92 Å². The zero-order valence-corrected chi connectivity index (χ0v) is 17.4. The Hall–Kier alpha value is -2.26. The number of hydrogen-bond acceptors (Lipinski definition) is 4.